The molecule has 0 fully saturated rings. The number of allylic oxidation sites excluding steroid dienone is 12. The van der Waals surface area contributed by atoms with E-state index in [9.17, 15) is 19.0 Å². The van der Waals surface area contributed by atoms with E-state index in [1.807, 2.05) is 21.1 Å². The molecular formula is C56H101NO8P+. The van der Waals surface area contributed by atoms with Crippen molar-refractivity contribution in [3.8, 4) is 0 Å². The molecule has 0 aromatic carbocycles. The zero-order valence-corrected chi connectivity index (χ0v) is 44.1. The third-order valence-corrected chi connectivity index (χ3v) is 12.2. The minimum Gasteiger partial charge on any atom is -0.462 e. The maximum absolute atomic E-state index is 12.8. The van der Waals surface area contributed by atoms with Crippen LogP contribution in [0, 0.1) is 0 Å². The van der Waals surface area contributed by atoms with E-state index in [-0.39, 0.29) is 32.0 Å². The summed E-state index contributed by atoms with van der Waals surface area (Å²) in [4.78, 5) is 35.6. The maximum Gasteiger partial charge on any atom is 0.472 e. The highest BCUT2D eigenvalue weighted by Crippen LogP contribution is 2.43. The van der Waals surface area contributed by atoms with Crippen LogP contribution >= 0.6 is 7.82 Å². The molecule has 0 aliphatic rings. The molecule has 9 nitrogen and oxygen atoms in total. The average Bonchev–Trinajstić information content (AvgIpc) is 3.27. The molecule has 1 N–H and O–H groups in total. The fourth-order valence-electron chi connectivity index (χ4n) is 7.03. The molecule has 0 radical (unpaired) electrons. The van der Waals surface area contributed by atoms with Crippen LogP contribution in [0.2, 0.25) is 0 Å². The van der Waals surface area contributed by atoms with Crippen molar-refractivity contribution in [1.29, 1.82) is 0 Å². The summed E-state index contributed by atoms with van der Waals surface area (Å²) in [6.07, 6.45) is 60.9. The predicted octanol–water partition coefficient (Wildman–Crippen LogP) is 16.1. The molecular weight excluding hydrogens is 846 g/mol. The molecule has 0 aromatic rings. The van der Waals surface area contributed by atoms with Gasteiger partial charge in [0.1, 0.15) is 19.8 Å². The highest BCUT2D eigenvalue weighted by Gasteiger charge is 2.27. The lowest BCUT2D eigenvalue weighted by molar-refractivity contribution is -0.870. The first-order chi connectivity index (χ1) is 32.0. The average molecular weight is 947 g/mol. The number of carbonyl (C=O) groups excluding carboxylic acids is 2. The molecule has 0 saturated carbocycles. The van der Waals surface area contributed by atoms with Crippen LogP contribution in [0.25, 0.3) is 0 Å². The van der Waals surface area contributed by atoms with Gasteiger partial charge in [0.2, 0.25) is 0 Å². The van der Waals surface area contributed by atoms with Gasteiger partial charge in [0.05, 0.1) is 27.7 Å². The number of hydrogen-bond acceptors (Lipinski definition) is 7. The molecule has 0 heterocycles. The van der Waals surface area contributed by atoms with Crippen LogP contribution in [0.15, 0.2) is 72.9 Å². The van der Waals surface area contributed by atoms with Crippen molar-refractivity contribution in [3.63, 3.8) is 0 Å². The van der Waals surface area contributed by atoms with Crippen LogP contribution in [0.3, 0.4) is 0 Å². The van der Waals surface area contributed by atoms with E-state index in [0.29, 0.717) is 17.4 Å². The monoisotopic (exact) mass is 947 g/mol. The van der Waals surface area contributed by atoms with Gasteiger partial charge in [0.15, 0.2) is 6.10 Å². The number of nitrogens with zero attached hydrogens (tertiary/aromatic N) is 1. The van der Waals surface area contributed by atoms with Crippen molar-refractivity contribution in [2.45, 2.75) is 225 Å². The van der Waals surface area contributed by atoms with E-state index < -0.39 is 26.5 Å². The van der Waals surface area contributed by atoms with Crippen LogP contribution < -0.4 is 0 Å². The molecule has 382 valence electrons. The molecule has 0 rings (SSSR count). The quantitative estimate of drug-likeness (QED) is 0.0211. The lowest BCUT2D eigenvalue weighted by Crippen LogP contribution is -2.37. The van der Waals surface area contributed by atoms with Gasteiger partial charge in [-0.25, -0.2) is 4.57 Å². The number of rotatable bonds is 48. The largest absolute Gasteiger partial charge is 0.472 e. The van der Waals surface area contributed by atoms with E-state index >= 15 is 0 Å². The van der Waals surface area contributed by atoms with Gasteiger partial charge in [-0.05, 0) is 89.9 Å². The van der Waals surface area contributed by atoms with E-state index in [4.69, 9.17) is 18.5 Å². The molecule has 66 heavy (non-hydrogen) atoms. The van der Waals surface area contributed by atoms with Gasteiger partial charge in [-0.15, -0.1) is 0 Å². The van der Waals surface area contributed by atoms with Gasteiger partial charge in [-0.3, -0.25) is 18.6 Å². The van der Waals surface area contributed by atoms with Crippen molar-refractivity contribution < 1.29 is 42.1 Å². The molecule has 0 amide bonds. The fourth-order valence-corrected chi connectivity index (χ4v) is 7.77. The van der Waals surface area contributed by atoms with Gasteiger partial charge >= 0.3 is 19.8 Å². The van der Waals surface area contributed by atoms with Crippen molar-refractivity contribution in [1.82, 2.24) is 0 Å². The Labute approximate surface area is 406 Å². The molecule has 0 saturated heterocycles. The highest BCUT2D eigenvalue weighted by atomic mass is 31.2. The van der Waals surface area contributed by atoms with Crippen LogP contribution in [0.1, 0.15) is 219 Å². The maximum atomic E-state index is 12.8. The van der Waals surface area contributed by atoms with Gasteiger partial charge in [0.25, 0.3) is 0 Å². The van der Waals surface area contributed by atoms with Crippen LogP contribution in [-0.4, -0.2) is 74.9 Å². The first kappa shape index (κ1) is 63.5. The van der Waals surface area contributed by atoms with Crippen molar-refractivity contribution in [3.05, 3.63) is 72.9 Å². The van der Waals surface area contributed by atoms with E-state index in [1.165, 1.54) is 103 Å². The van der Waals surface area contributed by atoms with Crippen molar-refractivity contribution in [2.75, 3.05) is 47.5 Å². The lowest BCUT2D eigenvalue weighted by atomic mass is 10.1. The van der Waals surface area contributed by atoms with E-state index in [2.05, 4.69) is 86.8 Å². The minimum atomic E-state index is -4.39. The molecule has 10 heteroatoms. The summed E-state index contributed by atoms with van der Waals surface area (Å²) in [5.41, 5.74) is 0. The fraction of sp³-hybridized carbons (Fsp3) is 0.750. The topological polar surface area (TPSA) is 108 Å². The molecule has 0 bridgehead atoms. The van der Waals surface area contributed by atoms with Crippen molar-refractivity contribution >= 4 is 19.8 Å². The first-order valence-electron chi connectivity index (χ1n) is 26.7. The molecule has 0 aromatic heterocycles. The molecule has 2 unspecified atom stereocenters. The normalized spacial score (nSPS) is 14.0. The number of carbonyl (C=O) groups is 2. The third kappa shape index (κ3) is 50.9. The van der Waals surface area contributed by atoms with Crippen molar-refractivity contribution in [2.24, 2.45) is 0 Å². The van der Waals surface area contributed by atoms with E-state index in [1.54, 1.807) is 0 Å². The summed E-state index contributed by atoms with van der Waals surface area (Å²) in [5, 5.41) is 0. The Morgan fingerprint density at radius 2 is 0.818 bits per heavy atom. The van der Waals surface area contributed by atoms with Gasteiger partial charge in [0, 0.05) is 12.8 Å². The highest BCUT2D eigenvalue weighted by molar-refractivity contribution is 7.47. The summed E-state index contributed by atoms with van der Waals surface area (Å²) in [6.45, 7) is 4.37. The lowest BCUT2D eigenvalue weighted by Gasteiger charge is -2.24. The number of hydrogen-bond donors (Lipinski definition) is 1. The Morgan fingerprint density at radius 3 is 1.24 bits per heavy atom. The van der Waals surface area contributed by atoms with Gasteiger partial charge in [-0.2, -0.15) is 0 Å². The van der Waals surface area contributed by atoms with Crippen LogP contribution in [0.4, 0.5) is 0 Å². The Kier molecular flexibility index (Phi) is 45.7. The number of esters is 2. The minimum absolute atomic E-state index is 0.0245. The van der Waals surface area contributed by atoms with Crippen LogP contribution in [-0.2, 0) is 32.7 Å². The molecule has 0 aliphatic carbocycles. The van der Waals surface area contributed by atoms with E-state index in [0.717, 1.165) is 83.5 Å². The van der Waals surface area contributed by atoms with Gasteiger partial charge < -0.3 is 18.9 Å². The third-order valence-electron chi connectivity index (χ3n) is 11.2. The Bertz CT molecular complexity index is 1350. The summed E-state index contributed by atoms with van der Waals surface area (Å²) in [7, 11) is 1.46. The zero-order chi connectivity index (χ0) is 48.5. The van der Waals surface area contributed by atoms with Gasteiger partial charge in [-0.1, -0.05) is 189 Å². The number of quaternary nitrogens is 1. The Morgan fingerprint density at radius 1 is 0.470 bits per heavy atom. The summed E-state index contributed by atoms with van der Waals surface area (Å²) in [6, 6.07) is 0. The number of phosphoric ester groups is 1. The summed E-state index contributed by atoms with van der Waals surface area (Å²) >= 11 is 0. The molecule has 0 aliphatic heterocycles. The number of likely N-dealkylation sites (N-methyl/N-ethyl adjacent to an activating group) is 1. The SMILES string of the molecule is CCCCC/C=C\C/C=C\C/C=C\CCCCCCCCC(=O)OCC(COP(=O)(O)OCC[N+](C)(C)C)OC(=O)CCCCCCCCCC/C=C\C/C=C\C/C=C\CCCCCCC. The zero-order valence-electron chi connectivity index (χ0n) is 43.2. The number of ether oxygens (including phenoxy) is 2. The molecule has 2 atom stereocenters. The first-order valence-corrected chi connectivity index (χ1v) is 28.2. The second-order valence-electron chi connectivity index (χ2n) is 18.9. The Balaban J connectivity index is 4.29. The second-order valence-corrected chi connectivity index (χ2v) is 20.4. The standard InChI is InChI=1S/C56H100NO8P/c1-6-8-10-12-14-16-18-20-22-24-26-27-28-29-31-33-35-37-39-41-43-45-47-49-56(59)65-54(53-64-66(60,61)63-51-50-57(3,4)5)52-62-55(58)48-46-44-42-40-38-36-34-32-30-25-23-21-19-17-15-13-11-9-7-2/h15,17-18,20-21,23-24,26,28-30,32,54H,6-14,16,19,22,25,27,31,33-53H2,1-5H3/p+1/b17-15-,20-18-,23-21-,26-24-,29-28-,32-30-. The number of phosphoric acid groups is 1. The Hall–Kier alpha value is -2.55. The number of unbranched alkanes of at least 4 members (excludes halogenated alkanes) is 22. The summed E-state index contributed by atoms with van der Waals surface area (Å²) < 4.78 is 34.5. The second kappa shape index (κ2) is 47.5. The predicted molar refractivity (Wildman–Crippen MR) is 279 cm³/mol. The smallest absolute Gasteiger partial charge is 0.462 e. The summed E-state index contributed by atoms with van der Waals surface area (Å²) in [5.74, 6) is -0.822. The van der Waals surface area contributed by atoms with Crippen LogP contribution in [0.5, 0.6) is 0 Å². The molecule has 0 spiro atoms.